The zero-order valence-electron chi connectivity index (χ0n) is 21.4. The Kier molecular flexibility index (Phi) is 7.15. The van der Waals surface area contributed by atoms with E-state index in [2.05, 4.69) is 23.2 Å². The first-order valence-corrected chi connectivity index (χ1v) is 12.7. The largest absolute Gasteiger partial charge is 0.485 e. The molecule has 2 aliphatic rings. The molecule has 0 bridgehead atoms. The van der Waals surface area contributed by atoms with E-state index in [1.165, 1.54) is 20.3 Å². The van der Waals surface area contributed by atoms with Crippen LogP contribution in [0.25, 0.3) is 11.1 Å². The number of nitrogens with zero attached hydrogens (tertiary/aromatic N) is 1. The molecule has 1 fully saturated rings. The summed E-state index contributed by atoms with van der Waals surface area (Å²) in [4.78, 5) is 16.2. The Labute approximate surface area is 216 Å². The van der Waals surface area contributed by atoms with E-state index in [1.54, 1.807) is 0 Å². The van der Waals surface area contributed by atoms with Crippen LogP contribution in [0.1, 0.15) is 60.5 Å². The number of halogens is 1. The maximum atomic E-state index is 14.6. The summed E-state index contributed by atoms with van der Waals surface area (Å²) in [5.74, 6) is 0.835. The van der Waals surface area contributed by atoms with E-state index >= 15 is 0 Å². The number of hydrogen-bond donors (Lipinski definition) is 1. The van der Waals surface area contributed by atoms with Gasteiger partial charge in [-0.15, -0.1) is 0 Å². The quantitative estimate of drug-likeness (QED) is 0.393. The molecular formula is C30H32FNO5. The number of pyridine rings is 1. The van der Waals surface area contributed by atoms with E-state index in [0.29, 0.717) is 28.5 Å². The SMILES string of the molecule is COC(=O)C(C)C(c1ccc2c(c1)O[C@H](c1ccc(-c3cc(OC)ncc3F)c(CO)c1)CC2)C1CC1. The summed E-state index contributed by atoms with van der Waals surface area (Å²) < 4.78 is 31.2. The van der Waals surface area contributed by atoms with Gasteiger partial charge in [-0.1, -0.05) is 31.2 Å². The van der Waals surface area contributed by atoms with Crippen molar-refractivity contribution in [3.8, 4) is 22.8 Å². The van der Waals surface area contributed by atoms with Gasteiger partial charge in [-0.25, -0.2) is 9.37 Å². The monoisotopic (exact) mass is 505 g/mol. The Balaban J connectivity index is 1.42. The molecule has 0 saturated heterocycles. The third-order valence-corrected chi connectivity index (χ3v) is 7.66. The van der Waals surface area contributed by atoms with Crippen molar-refractivity contribution in [1.82, 2.24) is 4.98 Å². The van der Waals surface area contributed by atoms with Crippen LogP contribution >= 0.6 is 0 Å². The topological polar surface area (TPSA) is 77.9 Å². The second-order valence-corrected chi connectivity index (χ2v) is 9.97. The Hall–Kier alpha value is -3.45. The number of aromatic nitrogens is 1. The number of benzene rings is 2. The van der Waals surface area contributed by atoms with Crippen molar-refractivity contribution in [2.75, 3.05) is 14.2 Å². The lowest BCUT2D eigenvalue weighted by Gasteiger charge is -2.29. The minimum atomic E-state index is -0.481. The molecule has 0 radical (unpaired) electrons. The highest BCUT2D eigenvalue weighted by Crippen LogP contribution is 2.48. The van der Waals surface area contributed by atoms with Gasteiger partial charge in [0.1, 0.15) is 17.7 Å². The summed E-state index contributed by atoms with van der Waals surface area (Å²) in [6.45, 7) is 1.70. The van der Waals surface area contributed by atoms with Crippen molar-refractivity contribution in [1.29, 1.82) is 0 Å². The summed E-state index contributed by atoms with van der Waals surface area (Å²) in [5, 5.41) is 10.1. The lowest BCUT2D eigenvalue weighted by Crippen LogP contribution is -2.23. The average molecular weight is 506 g/mol. The van der Waals surface area contributed by atoms with Crippen LogP contribution < -0.4 is 9.47 Å². The predicted octanol–water partition coefficient (Wildman–Crippen LogP) is 5.76. The second kappa shape index (κ2) is 10.5. The second-order valence-electron chi connectivity index (χ2n) is 9.97. The van der Waals surface area contributed by atoms with Crippen LogP contribution in [-0.4, -0.2) is 30.3 Å². The molecule has 1 aliphatic heterocycles. The summed E-state index contributed by atoms with van der Waals surface area (Å²) in [6, 6.07) is 13.5. The Morgan fingerprint density at radius 2 is 1.95 bits per heavy atom. The van der Waals surface area contributed by atoms with Gasteiger partial charge < -0.3 is 19.3 Å². The number of esters is 1. The molecule has 2 unspecified atom stereocenters. The zero-order valence-corrected chi connectivity index (χ0v) is 21.4. The van der Waals surface area contributed by atoms with Gasteiger partial charge in [0.25, 0.3) is 0 Å². The zero-order chi connectivity index (χ0) is 26.1. The number of hydrogen-bond acceptors (Lipinski definition) is 6. The molecule has 0 amide bonds. The van der Waals surface area contributed by atoms with E-state index in [4.69, 9.17) is 14.2 Å². The number of carbonyl (C=O) groups excluding carboxylic acids is 1. The minimum Gasteiger partial charge on any atom is -0.485 e. The lowest BCUT2D eigenvalue weighted by atomic mass is 9.82. The minimum absolute atomic E-state index is 0.106. The van der Waals surface area contributed by atoms with Crippen molar-refractivity contribution in [3.05, 3.63) is 76.7 Å². The molecule has 194 valence electrons. The molecule has 3 aromatic rings. The number of ether oxygens (including phenoxy) is 3. The summed E-state index contributed by atoms with van der Waals surface area (Å²) in [6.07, 6.45) is 4.81. The summed E-state index contributed by atoms with van der Waals surface area (Å²) in [7, 11) is 2.92. The molecule has 1 saturated carbocycles. The van der Waals surface area contributed by atoms with E-state index in [9.17, 15) is 14.3 Å². The molecule has 1 N–H and O–H groups in total. The van der Waals surface area contributed by atoms with Crippen LogP contribution in [0.5, 0.6) is 11.6 Å². The fourth-order valence-electron chi connectivity index (χ4n) is 5.53. The standard InChI is InChI=1S/C30H32FNO5/c1-17(30(34)36-3)29(19-5-6-19)21-7-4-18-9-11-26(37-27(18)13-21)20-8-10-23(22(12-20)16-33)24-14-28(35-2)32-15-25(24)31/h4,7-8,10,12-15,17,19,26,29,33H,5-6,9,11,16H2,1-3H3/t17?,26-,29?/m0/s1. The van der Waals surface area contributed by atoms with Gasteiger partial charge in [0, 0.05) is 11.6 Å². The Bertz CT molecular complexity index is 1310. The number of aliphatic hydroxyl groups is 1. The van der Waals surface area contributed by atoms with E-state index < -0.39 is 5.82 Å². The van der Waals surface area contributed by atoms with E-state index in [-0.39, 0.29) is 30.5 Å². The fourth-order valence-corrected chi connectivity index (χ4v) is 5.53. The number of fused-ring (bicyclic) bond motifs is 1. The van der Waals surface area contributed by atoms with Crippen molar-refractivity contribution in [2.45, 2.75) is 51.2 Å². The summed E-state index contributed by atoms with van der Waals surface area (Å²) in [5.41, 5.74) is 4.69. The van der Waals surface area contributed by atoms with Crippen molar-refractivity contribution in [2.24, 2.45) is 11.8 Å². The van der Waals surface area contributed by atoms with Crippen molar-refractivity contribution >= 4 is 5.97 Å². The molecule has 7 heteroatoms. The third-order valence-electron chi connectivity index (χ3n) is 7.66. The predicted molar refractivity (Wildman–Crippen MR) is 137 cm³/mol. The number of aliphatic hydroxyl groups excluding tert-OH is 1. The highest BCUT2D eigenvalue weighted by molar-refractivity contribution is 5.73. The molecule has 1 aliphatic carbocycles. The molecular weight excluding hydrogens is 473 g/mol. The number of methoxy groups -OCH3 is 2. The van der Waals surface area contributed by atoms with Gasteiger partial charge in [0.05, 0.1) is 32.9 Å². The van der Waals surface area contributed by atoms with Crippen LogP contribution in [0.15, 0.2) is 48.7 Å². The van der Waals surface area contributed by atoms with Crippen LogP contribution in [0.2, 0.25) is 0 Å². The molecule has 0 spiro atoms. The molecule has 2 heterocycles. The number of aryl methyl sites for hydroxylation is 1. The van der Waals surface area contributed by atoms with Gasteiger partial charge >= 0.3 is 5.97 Å². The average Bonchev–Trinajstić information content (AvgIpc) is 3.77. The first-order chi connectivity index (χ1) is 17.9. The molecule has 37 heavy (non-hydrogen) atoms. The van der Waals surface area contributed by atoms with Crippen LogP contribution in [0.3, 0.4) is 0 Å². The molecule has 2 aromatic carbocycles. The first-order valence-electron chi connectivity index (χ1n) is 12.7. The van der Waals surface area contributed by atoms with Crippen LogP contribution in [0.4, 0.5) is 4.39 Å². The molecule has 5 rings (SSSR count). The molecule has 3 atom stereocenters. The van der Waals surface area contributed by atoms with Crippen LogP contribution in [0, 0.1) is 17.7 Å². The maximum Gasteiger partial charge on any atom is 0.309 e. The maximum absolute atomic E-state index is 14.6. The van der Waals surface area contributed by atoms with Gasteiger partial charge in [-0.2, -0.15) is 0 Å². The molecule has 6 nitrogen and oxygen atoms in total. The summed E-state index contributed by atoms with van der Waals surface area (Å²) >= 11 is 0. The lowest BCUT2D eigenvalue weighted by molar-refractivity contribution is -0.145. The molecule has 1 aromatic heterocycles. The van der Waals surface area contributed by atoms with Gasteiger partial charge in [-0.3, -0.25) is 4.79 Å². The smallest absolute Gasteiger partial charge is 0.309 e. The Morgan fingerprint density at radius 1 is 1.14 bits per heavy atom. The third kappa shape index (κ3) is 5.05. The van der Waals surface area contributed by atoms with E-state index in [1.807, 2.05) is 25.1 Å². The van der Waals surface area contributed by atoms with Gasteiger partial charge in [-0.05, 0) is 77.5 Å². The van der Waals surface area contributed by atoms with Gasteiger partial charge in [0.15, 0.2) is 0 Å². The highest BCUT2D eigenvalue weighted by Gasteiger charge is 2.39. The fraction of sp³-hybridized carbons (Fsp3) is 0.400. The first kappa shape index (κ1) is 25.2. The Morgan fingerprint density at radius 3 is 2.65 bits per heavy atom. The van der Waals surface area contributed by atoms with Crippen LogP contribution in [-0.2, 0) is 22.6 Å². The number of carbonyl (C=O) groups is 1. The number of rotatable bonds is 8. The van der Waals surface area contributed by atoms with E-state index in [0.717, 1.165) is 54.3 Å². The van der Waals surface area contributed by atoms with Crippen molar-refractivity contribution < 1.29 is 28.5 Å². The normalized spacial score (nSPS) is 18.4. The van der Waals surface area contributed by atoms with Crippen molar-refractivity contribution in [3.63, 3.8) is 0 Å². The van der Waals surface area contributed by atoms with Gasteiger partial charge in [0.2, 0.25) is 5.88 Å². The highest BCUT2D eigenvalue weighted by atomic mass is 19.1.